The molecule has 0 atom stereocenters. The van der Waals surface area contributed by atoms with E-state index in [2.05, 4.69) is 54.4 Å². The largest absolute Gasteiger partial charge is 0.354 e. The molecule has 6 heteroatoms. The fraction of sp³-hybridized carbons (Fsp3) is 0.565. The highest BCUT2D eigenvalue weighted by molar-refractivity contribution is 5.73. The number of rotatable bonds is 7. The minimum atomic E-state index is 0.127. The minimum absolute atomic E-state index is 0.127. The first kappa shape index (κ1) is 21.4. The van der Waals surface area contributed by atoms with Crippen molar-refractivity contribution < 1.29 is 4.79 Å². The first-order valence-corrected chi connectivity index (χ1v) is 10.7. The summed E-state index contributed by atoms with van der Waals surface area (Å²) >= 11 is 0. The summed E-state index contributed by atoms with van der Waals surface area (Å²) in [5.74, 6) is 1.83. The summed E-state index contributed by atoms with van der Waals surface area (Å²) in [6, 6.07) is 10.3. The third kappa shape index (κ3) is 5.18. The van der Waals surface area contributed by atoms with Gasteiger partial charge in [-0.15, -0.1) is 0 Å². The van der Waals surface area contributed by atoms with Crippen molar-refractivity contribution in [2.24, 2.45) is 5.92 Å². The predicted molar refractivity (Wildman–Crippen MR) is 119 cm³/mol. The summed E-state index contributed by atoms with van der Waals surface area (Å²) in [7, 11) is 2.17. The van der Waals surface area contributed by atoms with Gasteiger partial charge in [-0.1, -0.05) is 32.0 Å². The molecule has 1 aromatic carbocycles. The van der Waals surface area contributed by atoms with Crippen LogP contribution in [0.1, 0.15) is 38.4 Å². The lowest BCUT2D eigenvalue weighted by Gasteiger charge is -2.35. The number of carbonyl (C=O) groups is 1. The molecule has 0 spiro atoms. The van der Waals surface area contributed by atoms with Gasteiger partial charge in [0.1, 0.15) is 5.82 Å². The van der Waals surface area contributed by atoms with Crippen molar-refractivity contribution in [1.29, 1.82) is 0 Å². The van der Waals surface area contributed by atoms with Crippen LogP contribution in [0.4, 0.5) is 5.82 Å². The SMILES string of the molecule is CC(=O)N(CCC(C)C)Cc1c(C)nn(-c2ccccc2)c1N1CCN(C)CC1. The third-order valence-electron chi connectivity index (χ3n) is 5.73. The van der Waals surface area contributed by atoms with Crippen molar-refractivity contribution in [2.75, 3.05) is 44.7 Å². The van der Waals surface area contributed by atoms with Crippen LogP contribution in [-0.2, 0) is 11.3 Å². The van der Waals surface area contributed by atoms with Crippen LogP contribution in [0.3, 0.4) is 0 Å². The Hall–Kier alpha value is -2.34. The van der Waals surface area contributed by atoms with Crippen LogP contribution in [0.2, 0.25) is 0 Å². The van der Waals surface area contributed by atoms with E-state index in [1.54, 1.807) is 6.92 Å². The summed E-state index contributed by atoms with van der Waals surface area (Å²) < 4.78 is 2.07. The number of piperazine rings is 1. The van der Waals surface area contributed by atoms with Crippen LogP contribution in [0, 0.1) is 12.8 Å². The molecule has 0 aliphatic carbocycles. The summed E-state index contributed by atoms with van der Waals surface area (Å²) in [6.07, 6.45) is 1.01. The minimum Gasteiger partial charge on any atom is -0.354 e. The molecule has 158 valence electrons. The van der Waals surface area contributed by atoms with Crippen molar-refractivity contribution in [2.45, 2.75) is 40.7 Å². The summed E-state index contributed by atoms with van der Waals surface area (Å²) in [6.45, 7) is 13.5. The predicted octanol–water partition coefficient (Wildman–Crippen LogP) is 3.33. The lowest BCUT2D eigenvalue weighted by molar-refractivity contribution is -0.129. The molecule has 2 heterocycles. The number of hydrogen-bond donors (Lipinski definition) is 0. The number of benzene rings is 1. The van der Waals surface area contributed by atoms with Gasteiger partial charge in [0.2, 0.25) is 5.91 Å². The maximum atomic E-state index is 12.4. The zero-order valence-corrected chi connectivity index (χ0v) is 18.6. The van der Waals surface area contributed by atoms with Gasteiger partial charge in [0.05, 0.1) is 17.9 Å². The topological polar surface area (TPSA) is 44.6 Å². The smallest absolute Gasteiger partial charge is 0.219 e. The molecular weight excluding hydrogens is 362 g/mol. The third-order valence-corrected chi connectivity index (χ3v) is 5.73. The van der Waals surface area contributed by atoms with Gasteiger partial charge in [0.25, 0.3) is 0 Å². The highest BCUT2D eigenvalue weighted by atomic mass is 16.2. The molecule has 0 N–H and O–H groups in total. The second kappa shape index (κ2) is 9.44. The summed E-state index contributed by atoms with van der Waals surface area (Å²) in [5.41, 5.74) is 3.23. The van der Waals surface area contributed by atoms with Gasteiger partial charge < -0.3 is 14.7 Å². The van der Waals surface area contributed by atoms with E-state index in [9.17, 15) is 4.79 Å². The van der Waals surface area contributed by atoms with E-state index in [4.69, 9.17) is 5.10 Å². The second-order valence-electron chi connectivity index (χ2n) is 8.55. The normalized spacial score (nSPS) is 15.2. The molecule has 0 unspecified atom stereocenters. The molecule has 0 radical (unpaired) electrons. The fourth-order valence-electron chi connectivity index (χ4n) is 3.78. The Labute approximate surface area is 175 Å². The van der Waals surface area contributed by atoms with Gasteiger partial charge in [-0.25, -0.2) is 4.68 Å². The molecule has 3 rings (SSSR count). The summed E-state index contributed by atoms with van der Waals surface area (Å²) in [5, 5.41) is 4.91. The van der Waals surface area contributed by atoms with Crippen LogP contribution >= 0.6 is 0 Å². The molecular formula is C23H35N5O. The number of nitrogens with zero attached hydrogens (tertiary/aromatic N) is 5. The van der Waals surface area contributed by atoms with Gasteiger partial charge in [0.15, 0.2) is 0 Å². The number of aromatic nitrogens is 2. The van der Waals surface area contributed by atoms with E-state index in [0.29, 0.717) is 12.5 Å². The van der Waals surface area contributed by atoms with E-state index in [1.165, 1.54) is 0 Å². The van der Waals surface area contributed by atoms with Crippen molar-refractivity contribution in [1.82, 2.24) is 19.6 Å². The molecule has 29 heavy (non-hydrogen) atoms. The quantitative estimate of drug-likeness (QED) is 0.719. The zero-order chi connectivity index (χ0) is 21.0. The number of anilines is 1. The van der Waals surface area contributed by atoms with Crippen LogP contribution in [0.5, 0.6) is 0 Å². The number of amides is 1. The number of para-hydroxylation sites is 1. The van der Waals surface area contributed by atoms with Crippen molar-refractivity contribution in [3.05, 3.63) is 41.6 Å². The van der Waals surface area contributed by atoms with Gasteiger partial charge in [-0.05, 0) is 38.4 Å². The molecule has 6 nitrogen and oxygen atoms in total. The first-order valence-electron chi connectivity index (χ1n) is 10.7. The average molecular weight is 398 g/mol. The molecule has 1 saturated heterocycles. The van der Waals surface area contributed by atoms with Gasteiger partial charge >= 0.3 is 0 Å². The Morgan fingerprint density at radius 1 is 1.14 bits per heavy atom. The lowest BCUT2D eigenvalue weighted by atomic mass is 10.1. The molecule has 1 fully saturated rings. The van der Waals surface area contributed by atoms with Crippen LogP contribution in [0.15, 0.2) is 30.3 Å². The lowest BCUT2D eigenvalue weighted by Crippen LogP contribution is -2.45. The molecule has 1 aliphatic rings. The number of hydrogen-bond acceptors (Lipinski definition) is 4. The molecule has 1 aliphatic heterocycles. The highest BCUT2D eigenvalue weighted by Crippen LogP contribution is 2.29. The van der Waals surface area contributed by atoms with Gasteiger partial charge in [-0.3, -0.25) is 4.79 Å². The molecule has 0 saturated carbocycles. The number of aryl methyl sites for hydroxylation is 1. The number of likely N-dealkylation sites (N-methyl/N-ethyl adjacent to an activating group) is 1. The van der Waals surface area contributed by atoms with Crippen LogP contribution < -0.4 is 4.90 Å². The Balaban J connectivity index is 1.99. The monoisotopic (exact) mass is 397 g/mol. The van der Waals surface area contributed by atoms with Gasteiger partial charge in [0, 0.05) is 45.2 Å². The standard InChI is InChI=1S/C23H35N5O/c1-18(2)11-12-27(20(4)29)17-22-19(3)24-28(21-9-7-6-8-10-21)23(22)26-15-13-25(5)14-16-26/h6-10,18H,11-17H2,1-5H3. The molecule has 0 bridgehead atoms. The fourth-order valence-corrected chi connectivity index (χ4v) is 3.78. The molecule has 1 amide bonds. The van der Waals surface area contributed by atoms with E-state index in [1.807, 2.05) is 23.1 Å². The van der Waals surface area contributed by atoms with Crippen LogP contribution in [0.25, 0.3) is 5.69 Å². The van der Waals surface area contributed by atoms with Gasteiger partial charge in [-0.2, -0.15) is 5.10 Å². The van der Waals surface area contributed by atoms with E-state index in [0.717, 1.165) is 61.9 Å². The highest BCUT2D eigenvalue weighted by Gasteiger charge is 2.26. The van der Waals surface area contributed by atoms with E-state index >= 15 is 0 Å². The van der Waals surface area contributed by atoms with Crippen molar-refractivity contribution >= 4 is 11.7 Å². The van der Waals surface area contributed by atoms with Crippen molar-refractivity contribution in [3.8, 4) is 5.69 Å². The van der Waals surface area contributed by atoms with Crippen LogP contribution in [-0.4, -0.2) is 65.3 Å². The Morgan fingerprint density at radius 3 is 2.38 bits per heavy atom. The molecule has 1 aromatic heterocycles. The maximum absolute atomic E-state index is 12.4. The van der Waals surface area contributed by atoms with Crippen molar-refractivity contribution in [3.63, 3.8) is 0 Å². The maximum Gasteiger partial charge on any atom is 0.219 e. The summed E-state index contributed by atoms with van der Waals surface area (Å²) in [4.78, 5) is 19.1. The zero-order valence-electron chi connectivity index (χ0n) is 18.6. The van der Waals surface area contributed by atoms with E-state index in [-0.39, 0.29) is 5.91 Å². The number of carbonyl (C=O) groups excluding carboxylic acids is 1. The first-order chi connectivity index (χ1) is 13.9. The van der Waals surface area contributed by atoms with E-state index < -0.39 is 0 Å². The molecule has 2 aromatic rings. The Morgan fingerprint density at radius 2 is 1.79 bits per heavy atom. The average Bonchev–Trinajstić information content (AvgIpc) is 3.02. The Kier molecular flexibility index (Phi) is 6.96. The second-order valence-corrected chi connectivity index (χ2v) is 8.55. The Bertz CT molecular complexity index is 806.